The van der Waals surface area contributed by atoms with E-state index in [1.807, 2.05) is 0 Å². The maximum absolute atomic E-state index is 12.8. The Hall–Kier alpha value is -3.25. The standard InChI is InChI=1S/C22H19F3N2O5S2/c1-31-15-8-12(9-16(32-2)19(15)29)10-17-20(30)27(21(33)34-17)7-6-18(28)26-14-5-3-4-13(11-14)22(23,24)25/h3-5,8-11,29H,6-7H2,1-2H3,(H,26,28)/b17-10-. The van der Waals surface area contributed by atoms with Crippen molar-refractivity contribution in [1.29, 1.82) is 0 Å². The molecule has 0 bridgehead atoms. The van der Waals surface area contributed by atoms with E-state index >= 15 is 0 Å². The number of anilines is 1. The Bertz CT molecular complexity index is 1140. The highest BCUT2D eigenvalue weighted by molar-refractivity contribution is 8.26. The van der Waals surface area contributed by atoms with Crippen LogP contribution in [0.5, 0.6) is 17.2 Å². The van der Waals surface area contributed by atoms with E-state index < -0.39 is 23.6 Å². The van der Waals surface area contributed by atoms with E-state index in [9.17, 15) is 27.9 Å². The van der Waals surface area contributed by atoms with E-state index in [4.69, 9.17) is 21.7 Å². The number of phenolic OH excluding ortho intramolecular Hbond substituents is 1. The molecule has 0 unspecified atom stereocenters. The van der Waals surface area contributed by atoms with Crippen LogP contribution in [0.4, 0.5) is 18.9 Å². The highest BCUT2D eigenvalue weighted by Gasteiger charge is 2.33. The lowest BCUT2D eigenvalue weighted by Gasteiger charge is -2.14. The first kappa shape index (κ1) is 25.4. The fourth-order valence-corrected chi connectivity index (χ4v) is 4.36. The molecule has 1 aliphatic rings. The van der Waals surface area contributed by atoms with E-state index in [1.54, 1.807) is 6.08 Å². The minimum absolute atomic E-state index is 0.000310. The average Bonchev–Trinajstić information content (AvgIpc) is 3.05. The summed E-state index contributed by atoms with van der Waals surface area (Å²) in [7, 11) is 2.75. The predicted octanol–water partition coefficient (Wildman–Crippen LogP) is 4.66. The number of hydrogen-bond donors (Lipinski definition) is 2. The lowest BCUT2D eigenvalue weighted by Crippen LogP contribution is -2.31. The van der Waals surface area contributed by atoms with Gasteiger partial charge in [0, 0.05) is 18.7 Å². The van der Waals surface area contributed by atoms with Crippen LogP contribution in [-0.4, -0.2) is 46.9 Å². The molecule has 2 aromatic rings. The molecule has 2 aromatic carbocycles. The summed E-state index contributed by atoms with van der Waals surface area (Å²) in [5.74, 6) is -0.848. The molecule has 12 heteroatoms. The van der Waals surface area contributed by atoms with Gasteiger partial charge in [0.05, 0.1) is 24.7 Å². The number of halogens is 3. The SMILES string of the molecule is COc1cc(/C=C2\SC(=S)N(CCC(=O)Nc3cccc(C(F)(F)F)c3)C2=O)cc(OC)c1O. The van der Waals surface area contributed by atoms with Gasteiger partial charge in [-0.25, -0.2) is 0 Å². The van der Waals surface area contributed by atoms with Crippen molar-refractivity contribution in [2.75, 3.05) is 26.1 Å². The molecule has 1 saturated heterocycles. The Kier molecular flexibility index (Phi) is 7.72. The number of ether oxygens (including phenoxy) is 2. The van der Waals surface area contributed by atoms with Crippen molar-refractivity contribution in [2.24, 2.45) is 0 Å². The normalized spacial score (nSPS) is 15.1. The van der Waals surface area contributed by atoms with Gasteiger partial charge >= 0.3 is 6.18 Å². The van der Waals surface area contributed by atoms with Crippen molar-refractivity contribution < 1.29 is 37.3 Å². The van der Waals surface area contributed by atoms with Crippen molar-refractivity contribution >= 4 is 51.9 Å². The number of aromatic hydroxyl groups is 1. The van der Waals surface area contributed by atoms with Crippen LogP contribution in [0, 0.1) is 0 Å². The third-order valence-electron chi connectivity index (χ3n) is 4.71. The number of nitrogens with one attached hydrogen (secondary N) is 1. The van der Waals surface area contributed by atoms with E-state index in [-0.39, 0.29) is 45.1 Å². The van der Waals surface area contributed by atoms with E-state index in [0.717, 1.165) is 23.9 Å². The van der Waals surface area contributed by atoms with Gasteiger partial charge in [-0.2, -0.15) is 13.2 Å². The minimum atomic E-state index is -4.53. The van der Waals surface area contributed by atoms with Crippen molar-refractivity contribution in [3.8, 4) is 17.2 Å². The minimum Gasteiger partial charge on any atom is -0.502 e. The number of thiocarbonyl (C=S) groups is 1. The van der Waals surface area contributed by atoms with Crippen LogP contribution >= 0.6 is 24.0 Å². The van der Waals surface area contributed by atoms with Gasteiger partial charge in [-0.3, -0.25) is 14.5 Å². The van der Waals surface area contributed by atoms with Crippen LogP contribution in [0.2, 0.25) is 0 Å². The first-order valence-corrected chi connectivity index (χ1v) is 10.9. The topological polar surface area (TPSA) is 88.1 Å². The van der Waals surface area contributed by atoms with Gasteiger partial charge < -0.3 is 19.9 Å². The molecule has 3 rings (SSSR count). The maximum Gasteiger partial charge on any atom is 0.416 e. The number of methoxy groups -OCH3 is 2. The summed E-state index contributed by atoms with van der Waals surface area (Å²) in [6.45, 7) is -0.0466. The third kappa shape index (κ3) is 5.81. The Labute approximate surface area is 202 Å². The smallest absolute Gasteiger partial charge is 0.416 e. The largest absolute Gasteiger partial charge is 0.502 e. The Balaban J connectivity index is 1.67. The molecule has 0 spiro atoms. The number of benzene rings is 2. The molecule has 2 amide bonds. The quantitative estimate of drug-likeness (QED) is 0.412. The highest BCUT2D eigenvalue weighted by atomic mass is 32.2. The molecular formula is C22H19F3N2O5S2. The molecule has 1 fully saturated rings. The van der Waals surface area contributed by atoms with Crippen molar-refractivity contribution in [2.45, 2.75) is 12.6 Å². The van der Waals surface area contributed by atoms with Crippen LogP contribution < -0.4 is 14.8 Å². The van der Waals surface area contributed by atoms with Gasteiger partial charge in [-0.15, -0.1) is 0 Å². The van der Waals surface area contributed by atoms with Crippen LogP contribution in [-0.2, 0) is 15.8 Å². The van der Waals surface area contributed by atoms with Crippen LogP contribution in [0.1, 0.15) is 17.5 Å². The zero-order chi connectivity index (χ0) is 25.0. The monoisotopic (exact) mass is 512 g/mol. The third-order valence-corrected chi connectivity index (χ3v) is 6.09. The molecular weight excluding hydrogens is 493 g/mol. The van der Waals surface area contributed by atoms with Gasteiger partial charge in [0.25, 0.3) is 5.91 Å². The molecule has 7 nitrogen and oxygen atoms in total. The van der Waals surface area contributed by atoms with Crippen LogP contribution in [0.3, 0.4) is 0 Å². The summed E-state index contributed by atoms with van der Waals surface area (Å²) >= 11 is 6.29. The number of amides is 2. The Morgan fingerprint density at radius 2 is 1.85 bits per heavy atom. The molecule has 0 aromatic heterocycles. The fraction of sp³-hybridized carbons (Fsp3) is 0.227. The molecule has 0 saturated carbocycles. The van der Waals surface area contributed by atoms with Crippen LogP contribution in [0.15, 0.2) is 41.3 Å². The second kappa shape index (κ2) is 10.3. The number of carbonyl (C=O) groups is 2. The molecule has 0 aliphatic carbocycles. The maximum atomic E-state index is 12.8. The van der Waals surface area contributed by atoms with Crippen molar-refractivity contribution in [3.05, 3.63) is 52.4 Å². The summed E-state index contributed by atoms with van der Waals surface area (Å²) < 4.78 is 49.0. The number of rotatable bonds is 7. The Morgan fingerprint density at radius 1 is 1.21 bits per heavy atom. The second-order valence-electron chi connectivity index (χ2n) is 6.98. The second-order valence-corrected chi connectivity index (χ2v) is 8.66. The average molecular weight is 513 g/mol. The number of hydrogen-bond acceptors (Lipinski definition) is 7. The zero-order valence-corrected chi connectivity index (χ0v) is 19.6. The summed E-state index contributed by atoms with van der Waals surface area (Å²) in [6, 6.07) is 7.32. The molecule has 1 aliphatic heterocycles. The number of carbonyl (C=O) groups excluding carboxylic acids is 2. The predicted molar refractivity (Wildman–Crippen MR) is 126 cm³/mol. The van der Waals surface area contributed by atoms with Gasteiger partial charge in [0.2, 0.25) is 11.7 Å². The van der Waals surface area contributed by atoms with Gasteiger partial charge in [0.1, 0.15) is 4.32 Å². The number of thioether (sulfide) groups is 1. The summed E-state index contributed by atoms with van der Waals surface area (Å²) in [4.78, 5) is 26.6. The van der Waals surface area contributed by atoms with Gasteiger partial charge in [-0.1, -0.05) is 30.0 Å². The first-order chi connectivity index (χ1) is 16.0. The van der Waals surface area contributed by atoms with Crippen molar-refractivity contribution in [1.82, 2.24) is 4.90 Å². The fourth-order valence-electron chi connectivity index (χ4n) is 3.05. The lowest BCUT2D eigenvalue weighted by atomic mass is 10.1. The first-order valence-electron chi connectivity index (χ1n) is 9.71. The molecule has 34 heavy (non-hydrogen) atoms. The summed E-state index contributed by atoms with van der Waals surface area (Å²) in [6.07, 6.45) is -3.15. The van der Waals surface area contributed by atoms with Crippen LogP contribution in [0.25, 0.3) is 6.08 Å². The molecule has 2 N–H and O–H groups in total. The lowest BCUT2D eigenvalue weighted by molar-refractivity contribution is -0.137. The summed E-state index contributed by atoms with van der Waals surface area (Å²) in [5.41, 5.74) is -0.357. The van der Waals surface area contributed by atoms with E-state index in [1.165, 1.54) is 43.4 Å². The van der Waals surface area contributed by atoms with Gasteiger partial charge in [0.15, 0.2) is 11.5 Å². The van der Waals surface area contributed by atoms with Gasteiger partial charge in [-0.05, 0) is 42.0 Å². The molecule has 1 heterocycles. The molecule has 0 atom stereocenters. The zero-order valence-electron chi connectivity index (χ0n) is 17.9. The Morgan fingerprint density at radius 3 is 2.44 bits per heavy atom. The number of phenols is 1. The highest BCUT2D eigenvalue weighted by Crippen LogP contribution is 2.39. The van der Waals surface area contributed by atoms with Crippen molar-refractivity contribution in [3.63, 3.8) is 0 Å². The summed E-state index contributed by atoms with van der Waals surface area (Å²) in [5, 5.41) is 12.4. The number of nitrogens with zero attached hydrogens (tertiary/aromatic N) is 1. The molecule has 0 radical (unpaired) electrons. The van der Waals surface area contributed by atoms with E-state index in [0.29, 0.717) is 5.56 Å². The van der Waals surface area contributed by atoms with E-state index in [2.05, 4.69) is 5.32 Å². The molecule has 180 valence electrons. The number of alkyl halides is 3.